The Morgan fingerprint density at radius 2 is 1.74 bits per heavy atom. The van der Waals surface area contributed by atoms with Crippen molar-refractivity contribution in [3.05, 3.63) is 22.5 Å². The van der Waals surface area contributed by atoms with E-state index in [0.29, 0.717) is 5.56 Å². The van der Waals surface area contributed by atoms with Crippen LogP contribution in [0.4, 0.5) is 0 Å². The number of hydrogen-bond donors (Lipinski definition) is 0. The Morgan fingerprint density at radius 3 is 2.16 bits per heavy atom. The van der Waals surface area contributed by atoms with Crippen LogP contribution in [0.15, 0.2) is 6.07 Å². The van der Waals surface area contributed by atoms with E-state index in [1.807, 2.05) is 0 Å². The second-order valence-electron chi connectivity index (χ2n) is 3.67. The largest absolute Gasteiger partial charge is 0.465 e. The molecule has 0 unspecified atom stereocenters. The van der Waals surface area contributed by atoms with Crippen molar-refractivity contribution >= 4 is 23.5 Å². The average molecular weight is 287 g/mol. The van der Waals surface area contributed by atoms with Gasteiger partial charge < -0.3 is 9.47 Å². The van der Waals surface area contributed by atoms with Crippen LogP contribution in [0.25, 0.3) is 0 Å². The van der Waals surface area contributed by atoms with Crippen LogP contribution in [0.2, 0.25) is 5.15 Å². The van der Waals surface area contributed by atoms with Crippen LogP contribution in [-0.4, -0.2) is 35.3 Å². The summed E-state index contributed by atoms with van der Waals surface area (Å²) in [5, 5.41) is 7.63. The van der Waals surface area contributed by atoms with Crippen molar-refractivity contribution in [3.8, 4) is 0 Å². The van der Waals surface area contributed by atoms with E-state index >= 15 is 0 Å². The predicted octanol–water partition coefficient (Wildman–Crippen LogP) is 1.65. The van der Waals surface area contributed by atoms with Gasteiger partial charge in [0.05, 0.1) is 18.9 Å². The first-order valence-corrected chi connectivity index (χ1v) is 6.22. The van der Waals surface area contributed by atoms with Gasteiger partial charge in [0.15, 0.2) is 11.1 Å². The molecule has 1 aromatic rings. The quantitative estimate of drug-likeness (QED) is 0.605. The minimum Gasteiger partial charge on any atom is -0.465 e. The van der Waals surface area contributed by atoms with Crippen molar-refractivity contribution in [2.45, 2.75) is 26.7 Å². The summed E-state index contributed by atoms with van der Waals surface area (Å²) in [4.78, 5) is 23.7. The van der Waals surface area contributed by atoms with Gasteiger partial charge in [0, 0.05) is 0 Å². The molecule has 0 aliphatic rings. The van der Waals surface area contributed by atoms with E-state index < -0.39 is 17.9 Å². The van der Waals surface area contributed by atoms with E-state index in [9.17, 15) is 9.59 Å². The monoisotopic (exact) mass is 286 g/mol. The number of aryl methyl sites for hydroxylation is 1. The molecule has 1 heterocycles. The summed E-state index contributed by atoms with van der Waals surface area (Å²) in [5.74, 6) is -2.65. The number of halogens is 1. The molecule has 19 heavy (non-hydrogen) atoms. The highest BCUT2D eigenvalue weighted by atomic mass is 35.5. The van der Waals surface area contributed by atoms with Gasteiger partial charge in [-0.2, -0.15) is 5.10 Å². The van der Waals surface area contributed by atoms with Gasteiger partial charge in [0.2, 0.25) is 0 Å². The maximum atomic E-state index is 11.9. The Balaban J connectivity index is 3.14. The predicted molar refractivity (Wildman–Crippen MR) is 67.8 cm³/mol. The second-order valence-corrected chi connectivity index (χ2v) is 4.06. The van der Waals surface area contributed by atoms with E-state index in [1.165, 1.54) is 6.07 Å². The maximum Gasteiger partial charge on any atom is 0.326 e. The summed E-state index contributed by atoms with van der Waals surface area (Å²) in [6, 6.07) is 1.52. The highest BCUT2D eigenvalue weighted by Crippen LogP contribution is 2.22. The Bertz CT molecular complexity index is 461. The minimum atomic E-state index is -1.23. The number of aromatic nitrogens is 2. The van der Waals surface area contributed by atoms with Crippen LogP contribution in [-0.2, 0) is 19.1 Å². The molecule has 0 atom stereocenters. The average Bonchev–Trinajstić information content (AvgIpc) is 2.33. The fourth-order valence-corrected chi connectivity index (χ4v) is 1.72. The van der Waals surface area contributed by atoms with Gasteiger partial charge in [-0.05, 0) is 32.4 Å². The summed E-state index contributed by atoms with van der Waals surface area (Å²) in [6.45, 7) is 5.31. The van der Waals surface area contributed by atoms with E-state index in [-0.39, 0.29) is 24.1 Å². The summed E-state index contributed by atoms with van der Waals surface area (Å²) in [5.41, 5.74) is 0.771. The molecule has 6 nitrogen and oxygen atoms in total. The Kier molecular flexibility index (Phi) is 5.69. The zero-order valence-electron chi connectivity index (χ0n) is 11.0. The molecule has 1 aromatic heterocycles. The molecule has 0 N–H and O–H groups in total. The lowest BCUT2D eigenvalue weighted by atomic mass is 10.0. The molecule has 0 aliphatic carbocycles. The molecule has 7 heteroatoms. The molecule has 0 radical (unpaired) electrons. The molecule has 0 aromatic carbocycles. The van der Waals surface area contributed by atoms with Gasteiger partial charge in [0.1, 0.15) is 0 Å². The van der Waals surface area contributed by atoms with Crippen molar-refractivity contribution in [3.63, 3.8) is 0 Å². The van der Waals surface area contributed by atoms with Crippen LogP contribution in [0.1, 0.15) is 31.0 Å². The molecule has 0 saturated carbocycles. The van der Waals surface area contributed by atoms with E-state index in [1.54, 1.807) is 20.8 Å². The number of esters is 2. The van der Waals surface area contributed by atoms with Crippen molar-refractivity contribution in [1.82, 2.24) is 10.2 Å². The molecule has 0 spiro atoms. The first-order valence-electron chi connectivity index (χ1n) is 5.84. The second kappa shape index (κ2) is 7.04. The van der Waals surface area contributed by atoms with Gasteiger partial charge in [-0.3, -0.25) is 9.59 Å². The number of carbonyl (C=O) groups excluding carboxylic acids is 2. The standard InChI is InChI=1S/C12H15ClN2O4/c1-4-18-11(16)9(12(17)19-5-2)10-7(3)6-8(13)14-15-10/h6,9H,4-5H2,1-3H3. The molecule has 0 amide bonds. The third-order valence-electron chi connectivity index (χ3n) is 2.31. The SMILES string of the molecule is CCOC(=O)C(C(=O)OCC)c1nnc(Cl)cc1C. The third-order valence-corrected chi connectivity index (χ3v) is 2.50. The summed E-state index contributed by atoms with van der Waals surface area (Å²) in [7, 11) is 0. The van der Waals surface area contributed by atoms with Gasteiger partial charge in [0.25, 0.3) is 0 Å². The summed E-state index contributed by atoms with van der Waals surface area (Å²) in [6.07, 6.45) is 0. The van der Waals surface area contributed by atoms with Crippen LogP contribution in [0.5, 0.6) is 0 Å². The lowest BCUT2D eigenvalue weighted by molar-refractivity contribution is -0.157. The number of hydrogen-bond acceptors (Lipinski definition) is 6. The number of carbonyl (C=O) groups is 2. The van der Waals surface area contributed by atoms with Crippen molar-refractivity contribution in [1.29, 1.82) is 0 Å². The highest BCUT2D eigenvalue weighted by molar-refractivity contribution is 6.29. The molecule has 104 valence electrons. The molecular formula is C12H15ClN2O4. The number of ether oxygens (including phenoxy) is 2. The summed E-state index contributed by atoms with van der Waals surface area (Å²) < 4.78 is 9.74. The van der Waals surface area contributed by atoms with Crippen LogP contribution in [0.3, 0.4) is 0 Å². The Morgan fingerprint density at radius 1 is 1.21 bits per heavy atom. The van der Waals surface area contributed by atoms with Crippen molar-refractivity contribution in [2.75, 3.05) is 13.2 Å². The van der Waals surface area contributed by atoms with E-state index in [0.717, 1.165) is 0 Å². The molecule has 0 fully saturated rings. The highest BCUT2D eigenvalue weighted by Gasteiger charge is 2.34. The topological polar surface area (TPSA) is 78.4 Å². The zero-order chi connectivity index (χ0) is 14.4. The number of rotatable bonds is 5. The lowest BCUT2D eigenvalue weighted by Gasteiger charge is -2.15. The first kappa shape index (κ1) is 15.4. The van der Waals surface area contributed by atoms with Gasteiger partial charge in [-0.25, -0.2) is 0 Å². The van der Waals surface area contributed by atoms with Crippen molar-refractivity contribution in [2.24, 2.45) is 0 Å². The smallest absolute Gasteiger partial charge is 0.326 e. The Hall–Kier alpha value is -1.69. The number of nitrogens with zero attached hydrogens (tertiary/aromatic N) is 2. The molecular weight excluding hydrogens is 272 g/mol. The van der Waals surface area contributed by atoms with Gasteiger partial charge in [-0.1, -0.05) is 11.6 Å². The summed E-state index contributed by atoms with van der Waals surface area (Å²) >= 11 is 5.70. The molecule has 0 aliphatic heterocycles. The Labute approximate surface area is 116 Å². The van der Waals surface area contributed by atoms with Crippen LogP contribution in [0, 0.1) is 6.92 Å². The molecule has 0 bridgehead atoms. The first-order chi connectivity index (χ1) is 9.01. The van der Waals surface area contributed by atoms with Crippen molar-refractivity contribution < 1.29 is 19.1 Å². The van der Waals surface area contributed by atoms with Gasteiger partial charge in [-0.15, -0.1) is 5.10 Å². The van der Waals surface area contributed by atoms with Crippen LogP contribution >= 0.6 is 11.6 Å². The third kappa shape index (κ3) is 3.89. The maximum absolute atomic E-state index is 11.9. The normalized spacial score (nSPS) is 10.4. The van der Waals surface area contributed by atoms with Crippen LogP contribution < -0.4 is 0 Å². The fourth-order valence-electron chi connectivity index (χ4n) is 1.52. The fraction of sp³-hybridized carbons (Fsp3) is 0.500. The minimum absolute atomic E-state index is 0.162. The van der Waals surface area contributed by atoms with E-state index in [4.69, 9.17) is 21.1 Å². The van der Waals surface area contributed by atoms with E-state index in [2.05, 4.69) is 10.2 Å². The molecule has 1 rings (SSSR count). The van der Waals surface area contributed by atoms with Gasteiger partial charge >= 0.3 is 11.9 Å². The zero-order valence-corrected chi connectivity index (χ0v) is 11.7. The molecule has 0 saturated heterocycles. The lowest BCUT2D eigenvalue weighted by Crippen LogP contribution is -2.28.